The Morgan fingerprint density at radius 1 is 1.30 bits per heavy atom. The second-order valence-electron chi connectivity index (χ2n) is 4.89. The fraction of sp³-hybridized carbons (Fsp3) is 0.250. The monoisotopic (exact) mass is 266 g/mol. The molecule has 2 aromatic rings. The molecule has 20 heavy (non-hydrogen) atoms. The van der Waals surface area contributed by atoms with Crippen molar-refractivity contribution in [2.75, 3.05) is 17.7 Å². The molecule has 102 valence electrons. The van der Waals surface area contributed by atoms with Crippen molar-refractivity contribution < 1.29 is 0 Å². The molecule has 0 spiro atoms. The number of hydrogen-bond donors (Lipinski definition) is 1. The Labute approximate surface area is 119 Å². The van der Waals surface area contributed by atoms with Crippen LogP contribution in [0.1, 0.15) is 29.8 Å². The van der Waals surface area contributed by atoms with Crippen molar-refractivity contribution in [2.45, 2.75) is 19.9 Å². The van der Waals surface area contributed by atoms with E-state index in [4.69, 9.17) is 5.73 Å². The number of aryl methyl sites for hydroxylation is 1. The van der Waals surface area contributed by atoms with Gasteiger partial charge >= 0.3 is 0 Å². The van der Waals surface area contributed by atoms with E-state index in [1.807, 2.05) is 49.2 Å². The Hall–Kier alpha value is -2.54. The average Bonchev–Trinajstić information content (AvgIpc) is 2.45. The van der Waals surface area contributed by atoms with E-state index in [1.54, 1.807) is 6.07 Å². The summed E-state index contributed by atoms with van der Waals surface area (Å²) >= 11 is 0. The normalized spacial score (nSPS) is 11.7. The average molecular weight is 266 g/mol. The number of aromatic nitrogens is 1. The van der Waals surface area contributed by atoms with Crippen LogP contribution in [0.15, 0.2) is 36.4 Å². The van der Waals surface area contributed by atoms with Crippen molar-refractivity contribution >= 4 is 11.5 Å². The third kappa shape index (κ3) is 2.72. The van der Waals surface area contributed by atoms with Gasteiger partial charge in [-0.3, -0.25) is 0 Å². The molecule has 4 heteroatoms. The van der Waals surface area contributed by atoms with E-state index in [-0.39, 0.29) is 6.04 Å². The van der Waals surface area contributed by atoms with Gasteiger partial charge in [-0.2, -0.15) is 5.26 Å². The zero-order chi connectivity index (χ0) is 14.7. The molecule has 2 rings (SSSR count). The summed E-state index contributed by atoms with van der Waals surface area (Å²) in [5.41, 5.74) is 9.13. The van der Waals surface area contributed by atoms with Crippen LogP contribution in [0.25, 0.3) is 0 Å². The minimum absolute atomic E-state index is 0.0832. The first kappa shape index (κ1) is 13.9. The van der Waals surface area contributed by atoms with Gasteiger partial charge < -0.3 is 10.6 Å². The predicted molar refractivity (Wildman–Crippen MR) is 81.4 cm³/mol. The van der Waals surface area contributed by atoms with E-state index in [0.717, 1.165) is 16.9 Å². The third-order valence-electron chi connectivity index (χ3n) is 3.44. The summed E-state index contributed by atoms with van der Waals surface area (Å²) in [4.78, 5) is 6.49. The number of nitrogens with two attached hydrogens (primary N) is 1. The molecule has 1 heterocycles. The highest BCUT2D eigenvalue weighted by Gasteiger charge is 2.17. The standard InChI is InChI=1S/C16H18N4/c1-11-7-8-14(10-17)16(19-11)20(3)12(2)13-5-4-6-15(18)9-13/h4-9,12H,18H2,1-3H3. The molecule has 1 unspecified atom stereocenters. The predicted octanol–water partition coefficient (Wildman–Crippen LogP) is 3.04. The van der Waals surface area contributed by atoms with Crippen LogP contribution in [0, 0.1) is 18.3 Å². The molecular weight excluding hydrogens is 248 g/mol. The molecule has 4 nitrogen and oxygen atoms in total. The van der Waals surface area contributed by atoms with E-state index in [0.29, 0.717) is 11.4 Å². The minimum Gasteiger partial charge on any atom is -0.399 e. The molecule has 0 radical (unpaired) electrons. The van der Waals surface area contributed by atoms with Crippen LogP contribution in [-0.2, 0) is 0 Å². The first-order valence-corrected chi connectivity index (χ1v) is 6.49. The van der Waals surface area contributed by atoms with Gasteiger partial charge in [0, 0.05) is 18.4 Å². The molecule has 0 saturated heterocycles. The van der Waals surface area contributed by atoms with Gasteiger partial charge in [0.15, 0.2) is 0 Å². The lowest BCUT2D eigenvalue weighted by Gasteiger charge is -2.27. The van der Waals surface area contributed by atoms with Gasteiger partial charge in [0.1, 0.15) is 11.9 Å². The van der Waals surface area contributed by atoms with E-state index >= 15 is 0 Å². The van der Waals surface area contributed by atoms with Gasteiger partial charge in [0.05, 0.1) is 11.6 Å². The van der Waals surface area contributed by atoms with Crippen LogP contribution in [0.5, 0.6) is 0 Å². The van der Waals surface area contributed by atoms with Crippen molar-refractivity contribution in [3.63, 3.8) is 0 Å². The van der Waals surface area contributed by atoms with E-state index < -0.39 is 0 Å². The number of nitrogens with zero attached hydrogens (tertiary/aromatic N) is 3. The Balaban J connectivity index is 2.38. The van der Waals surface area contributed by atoms with Gasteiger partial charge in [-0.1, -0.05) is 12.1 Å². The maximum Gasteiger partial charge on any atom is 0.147 e. The SMILES string of the molecule is Cc1ccc(C#N)c(N(C)C(C)c2cccc(N)c2)n1. The molecular formula is C16H18N4. The smallest absolute Gasteiger partial charge is 0.147 e. The Morgan fingerprint density at radius 3 is 2.70 bits per heavy atom. The Bertz CT molecular complexity index is 658. The fourth-order valence-corrected chi connectivity index (χ4v) is 2.13. The van der Waals surface area contributed by atoms with Crippen LogP contribution in [0.3, 0.4) is 0 Å². The first-order valence-electron chi connectivity index (χ1n) is 6.49. The molecule has 1 atom stereocenters. The molecule has 0 aliphatic heterocycles. The summed E-state index contributed by atoms with van der Waals surface area (Å²) in [6, 6.07) is 13.7. The minimum atomic E-state index is 0.0832. The third-order valence-corrected chi connectivity index (χ3v) is 3.44. The van der Waals surface area contributed by atoms with Gasteiger partial charge in [0.25, 0.3) is 0 Å². The summed E-state index contributed by atoms with van der Waals surface area (Å²) < 4.78 is 0. The van der Waals surface area contributed by atoms with Crippen molar-refractivity contribution in [1.82, 2.24) is 4.98 Å². The lowest BCUT2D eigenvalue weighted by molar-refractivity contribution is 0.726. The van der Waals surface area contributed by atoms with Crippen molar-refractivity contribution in [1.29, 1.82) is 5.26 Å². The van der Waals surface area contributed by atoms with Crippen LogP contribution in [-0.4, -0.2) is 12.0 Å². The second-order valence-corrected chi connectivity index (χ2v) is 4.89. The van der Waals surface area contributed by atoms with Crippen LogP contribution in [0.2, 0.25) is 0 Å². The maximum atomic E-state index is 9.22. The number of pyridine rings is 1. The van der Waals surface area contributed by atoms with Crippen molar-refractivity contribution in [2.24, 2.45) is 0 Å². The highest BCUT2D eigenvalue weighted by atomic mass is 15.2. The number of hydrogen-bond acceptors (Lipinski definition) is 4. The van der Waals surface area contributed by atoms with Crippen LogP contribution in [0.4, 0.5) is 11.5 Å². The van der Waals surface area contributed by atoms with Gasteiger partial charge in [-0.25, -0.2) is 4.98 Å². The zero-order valence-electron chi connectivity index (χ0n) is 12.0. The van der Waals surface area contributed by atoms with Gasteiger partial charge in [-0.15, -0.1) is 0 Å². The maximum absolute atomic E-state index is 9.22. The lowest BCUT2D eigenvalue weighted by Crippen LogP contribution is -2.24. The van der Waals surface area contributed by atoms with E-state index in [1.165, 1.54) is 0 Å². The number of nitrogen functional groups attached to an aromatic ring is 1. The Kier molecular flexibility index (Phi) is 3.90. The molecule has 0 saturated carbocycles. The topological polar surface area (TPSA) is 65.9 Å². The molecule has 1 aromatic heterocycles. The van der Waals surface area contributed by atoms with E-state index in [9.17, 15) is 5.26 Å². The summed E-state index contributed by atoms with van der Waals surface area (Å²) in [7, 11) is 1.94. The van der Waals surface area contributed by atoms with Crippen LogP contribution < -0.4 is 10.6 Å². The highest BCUT2D eigenvalue weighted by molar-refractivity contribution is 5.55. The molecule has 0 amide bonds. The summed E-state index contributed by atoms with van der Waals surface area (Å²) in [5.74, 6) is 0.697. The summed E-state index contributed by atoms with van der Waals surface area (Å²) in [6.07, 6.45) is 0. The fourth-order valence-electron chi connectivity index (χ4n) is 2.13. The Morgan fingerprint density at radius 2 is 2.05 bits per heavy atom. The molecule has 0 aliphatic carbocycles. The molecule has 2 N–H and O–H groups in total. The second kappa shape index (κ2) is 5.62. The van der Waals surface area contributed by atoms with Gasteiger partial charge in [-0.05, 0) is 43.7 Å². The number of rotatable bonds is 3. The number of benzene rings is 1. The number of nitriles is 1. The van der Waals surface area contributed by atoms with Crippen molar-refractivity contribution in [3.05, 3.63) is 53.2 Å². The number of anilines is 2. The first-order chi connectivity index (χ1) is 9.52. The molecule has 1 aromatic carbocycles. The zero-order valence-corrected chi connectivity index (χ0v) is 12.0. The lowest BCUT2D eigenvalue weighted by atomic mass is 10.1. The van der Waals surface area contributed by atoms with Gasteiger partial charge in [0.2, 0.25) is 0 Å². The molecule has 0 fully saturated rings. The molecule has 0 bridgehead atoms. The summed E-state index contributed by atoms with van der Waals surface area (Å²) in [5, 5.41) is 9.22. The van der Waals surface area contributed by atoms with E-state index in [2.05, 4.69) is 18.0 Å². The highest BCUT2D eigenvalue weighted by Crippen LogP contribution is 2.27. The van der Waals surface area contributed by atoms with Crippen molar-refractivity contribution in [3.8, 4) is 6.07 Å². The quantitative estimate of drug-likeness (QED) is 0.867. The molecule has 0 aliphatic rings. The summed E-state index contributed by atoms with van der Waals surface area (Å²) in [6.45, 7) is 3.99. The van der Waals surface area contributed by atoms with Crippen LogP contribution >= 0.6 is 0 Å². The largest absolute Gasteiger partial charge is 0.399 e.